The zero-order valence-corrected chi connectivity index (χ0v) is 10.9. The Morgan fingerprint density at radius 1 is 1.44 bits per heavy atom. The van der Waals surface area contributed by atoms with Gasteiger partial charge < -0.3 is 9.64 Å². The molecule has 0 radical (unpaired) electrons. The van der Waals surface area contributed by atoms with Gasteiger partial charge in [0.25, 0.3) is 0 Å². The summed E-state index contributed by atoms with van der Waals surface area (Å²) in [5.41, 5.74) is 0.914. The molecule has 0 saturated heterocycles. The number of benzene rings is 1. The highest BCUT2D eigenvalue weighted by atomic mass is 32.1. The van der Waals surface area contributed by atoms with Gasteiger partial charge in [-0.05, 0) is 29.3 Å². The lowest BCUT2D eigenvalue weighted by Gasteiger charge is -2.14. The smallest absolute Gasteiger partial charge is 0.227 e. The van der Waals surface area contributed by atoms with Gasteiger partial charge in [0.2, 0.25) is 5.13 Å². The number of methoxy groups -OCH3 is 1. The molecule has 1 aromatic carbocycles. The van der Waals surface area contributed by atoms with E-state index in [0.717, 1.165) is 23.7 Å². The van der Waals surface area contributed by atoms with Crippen molar-refractivity contribution in [2.75, 3.05) is 25.6 Å². The van der Waals surface area contributed by atoms with Crippen molar-refractivity contribution in [3.8, 4) is 5.75 Å². The second kappa shape index (κ2) is 5.72. The molecule has 0 saturated carbocycles. The lowest BCUT2D eigenvalue weighted by molar-refractivity contribution is 0.386. The van der Waals surface area contributed by atoms with Gasteiger partial charge in [-0.1, -0.05) is 15.7 Å². The van der Waals surface area contributed by atoms with Gasteiger partial charge in [-0.25, -0.2) is 4.39 Å². The van der Waals surface area contributed by atoms with E-state index in [4.69, 9.17) is 4.74 Å². The topological polar surface area (TPSA) is 51.1 Å². The third kappa shape index (κ3) is 2.92. The van der Waals surface area contributed by atoms with E-state index in [0.29, 0.717) is 0 Å². The maximum absolute atomic E-state index is 13.5. The van der Waals surface area contributed by atoms with E-state index in [1.807, 2.05) is 18.0 Å². The average Bonchev–Trinajstić information content (AvgIpc) is 2.90. The summed E-state index contributed by atoms with van der Waals surface area (Å²) in [5, 5.41) is 8.15. The summed E-state index contributed by atoms with van der Waals surface area (Å²) in [6, 6.07) is 4.98. The molecular weight excluding hydrogens is 255 g/mol. The van der Waals surface area contributed by atoms with E-state index in [1.54, 1.807) is 6.07 Å². The summed E-state index contributed by atoms with van der Waals surface area (Å²) in [6.45, 7) is 0.725. The maximum atomic E-state index is 13.5. The van der Waals surface area contributed by atoms with Crippen LogP contribution in [0.5, 0.6) is 5.75 Å². The number of likely N-dealkylation sites (N-methyl/N-ethyl adjacent to an activating group) is 1. The second-order valence-corrected chi connectivity index (χ2v) is 4.50. The average molecular weight is 268 g/mol. The number of anilines is 1. The van der Waals surface area contributed by atoms with Crippen LogP contribution in [0.4, 0.5) is 9.52 Å². The highest BCUT2D eigenvalue weighted by Gasteiger charge is 2.07. The molecule has 18 heavy (non-hydrogen) atoms. The van der Waals surface area contributed by atoms with Gasteiger partial charge in [-0.3, -0.25) is 0 Å². The van der Waals surface area contributed by atoms with Crippen LogP contribution in [0.1, 0.15) is 5.56 Å². The Balaban J connectivity index is 1.96. The molecule has 7 heteroatoms. The van der Waals surface area contributed by atoms with E-state index < -0.39 is 0 Å². The lowest BCUT2D eigenvalue weighted by atomic mass is 10.1. The first-order valence-corrected chi connectivity index (χ1v) is 6.16. The predicted molar refractivity (Wildman–Crippen MR) is 67.6 cm³/mol. The lowest BCUT2D eigenvalue weighted by Crippen LogP contribution is -2.20. The minimum Gasteiger partial charge on any atom is -0.494 e. The highest BCUT2D eigenvalue weighted by Crippen LogP contribution is 2.18. The van der Waals surface area contributed by atoms with Crippen molar-refractivity contribution >= 4 is 16.7 Å². The van der Waals surface area contributed by atoms with Crippen molar-refractivity contribution in [3.63, 3.8) is 0 Å². The third-order valence-corrected chi connectivity index (χ3v) is 3.28. The van der Waals surface area contributed by atoms with Gasteiger partial charge in [0.1, 0.15) is 0 Å². The van der Waals surface area contributed by atoms with Crippen molar-refractivity contribution in [3.05, 3.63) is 29.6 Å². The fourth-order valence-electron chi connectivity index (χ4n) is 1.53. The largest absolute Gasteiger partial charge is 0.494 e. The summed E-state index contributed by atoms with van der Waals surface area (Å²) < 4.78 is 22.1. The summed E-state index contributed by atoms with van der Waals surface area (Å²) in [7, 11) is 3.36. The number of halogens is 1. The third-order valence-electron chi connectivity index (χ3n) is 2.57. The van der Waals surface area contributed by atoms with E-state index in [1.165, 1.54) is 24.7 Å². The number of hydrogen-bond acceptors (Lipinski definition) is 6. The number of hydrogen-bond donors (Lipinski definition) is 0. The van der Waals surface area contributed by atoms with Crippen LogP contribution in [0.3, 0.4) is 0 Å². The number of nitrogens with zero attached hydrogens (tertiary/aromatic N) is 4. The first-order valence-electron chi connectivity index (χ1n) is 5.39. The van der Waals surface area contributed by atoms with Crippen LogP contribution in [-0.4, -0.2) is 35.5 Å². The van der Waals surface area contributed by atoms with Crippen molar-refractivity contribution < 1.29 is 9.13 Å². The van der Waals surface area contributed by atoms with Crippen molar-refractivity contribution in [2.24, 2.45) is 0 Å². The Kier molecular flexibility index (Phi) is 4.03. The molecule has 5 nitrogen and oxygen atoms in total. The standard InChI is InChI=1S/C11H13FN4OS/c1-16(11-13-14-15-18-11)6-5-8-3-4-10(17-2)9(12)7-8/h3-4,7H,5-6H2,1-2H3. The number of aromatic nitrogens is 3. The molecule has 0 fully saturated rings. The molecule has 0 aliphatic rings. The van der Waals surface area contributed by atoms with Gasteiger partial charge in [0.05, 0.1) is 7.11 Å². The highest BCUT2D eigenvalue weighted by molar-refractivity contribution is 7.09. The van der Waals surface area contributed by atoms with Crippen LogP contribution in [0.25, 0.3) is 0 Å². The summed E-state index contributed by atoms with van der Waals surface area (Å²) in [5.74, 6) is -0.0735. The van der Waals surface area contributed by atoms with Gasteiger partial charge in [0, 0.05) is 25.1 Å². The SMILES string of the molecule is COc1ccc(CCN(C)c2nnns2)cc1F. The van der Waals surface area contributed by atoms with Crippen molar-refractivity contribution in [1.82, 2.24) is 14.8 Å². The Morgan fingerprint density at radius 2 is 2.28 bits per heavy atom. The molecule has 0 unspecified atom stereocenters. The molecule has 0 spiro atoms. The van der Waals surface area contributed by atoms with E-state index in [9.17, 15) is 4.39 Å². The molecule has 0 N–H and O–H groups in total. The molecule has 1 heterocycles. The first-order chi connectivity index (χ1) is 8.70. The molecule has 0 aliphatic carbocycles. The summed E-state index contributed by atoms with van der Waals surface area (Å²) in [6.07, 6.45) is 0.719. The molecule has 2 aromatic rings. The fourth-order valence-corrected chi connectivity index (χ4v) is 1.98. The minimum absolute atomic E-state index is 0.264. The minimum atomic E-state index is -0.338. The van der Waals surface area contributed by atoms with Gasteiger partial charge >= 0.3 is 0 Å². The molecule has 0 bridgehead atoms. The monoisotopic (exact) mass is 268 g/mol. The van der Waals surface area contributed by atoms with Crippen LogP contribution in [0, 0.1) is 5.82 Å². The zero-order chi connectivity index (χ0) is 13.0. The Hall–Kier alpha value is -1.76. The second-order valence-electron chi connectivity index (χ2n) is 3.79. The quantitative estimate of drug-likeness (QED) is 0.827. The van der Waals surface area contributed by atoms with Gasteiger partial charge in [0.15, 0.2) is 11.6 Å². The van der Waals surface area contributed by atoms with Crippen molar-refractivity contribution in [1.29, 1.82) is 0 Å². The Morgan fingerprint density at radius 3 is 2.89 bits per heavy atom. The zero-order valence-electron chi connectivity index (χ0n) is 10.1. The molecule has 0 aliphatic heterocycles. The number of rotatable bonds is 5. The Bertz CT molecular complexity index is 506. The predicted octanol–water partition coefficient (Wildman–Crippen LogP) is 1.76. The van der Waals surface area contributed by atoms with Gasteiger partial charge in [-0.15, -0.1) is 0 Å². The molecular formula is C11H13FN4OS. The van der Waals surface area contributed by atoms with Crippen LogP contribution in [0.2, 0.25) is 0 Å². The van der Waals surface area contributed by atoms with Crippen LogP contribution in [-0.2, 0) is 6.42 Å². The maximum Gasteiger partial charge on any atom is 0.227 e. The molecule has 0 amide bonds. The van der Waals surface area contributed by atoms with E-state index in [-0.39, 0.29) is 11.6 Å². The molecule has 96 valence electrons. The number of ether oxygens (including phenoxy) is 1. The summed E-state index contributed by atoms with van der Waals surface area (Å²) >= 11 is 1.24. The Labute approximate surface area is 108 Å². The fraction of sp³-hybridized carbons (Fsp3) is 0.364. The van der Waals surface area contributed by atoms with Crippen LogP contribution in [0.15, 0.2) is 18.2 Å². The normalized spacial score (nSPS) is 10.4. The van der Waals surface area contributed by atoms with E-state index in [2.05, 4.69) is 14.8 Å². The summed E-state index contributed by atoms with van der Waals surface area (Å²) in [4.78, 5) is 1.94. The van der Waals surface area contributed by atoms with Crippen molar-refractivity contribution in [2.45, 2.75) is 6.42 Å². The molecule has 1 aromatic heterocycles. The first kappa shape index (κ1) is 12.7. The van der Waals surface area contributed by atoms with Gasteiger partial charge in [-0.2, -0.15) is 0 Å². The van der Waals surface area contributed by atoms with Crippen LogP contribution < -0.4 is 9.64 Å². The molecule has 0 atom stereocenters. The van der Waals surface area contributed by atoms with Crippen LogP contribution >= 0.6 is 11.5 Å². The van der Waals surface area contributed by atoms with E-state index >= 15 is 0 Å². The molecule has 2 rings (SSSR count).